The number of rotatable bonds is 5. The maximum atomic E-state index is 11.4. The second kappa shape index (κ2) is 5.57. The first kappa shape index (κ1) is 11.8. The molecule has 1 aromatic rings. The molecular weight excluding hydrogens is 214 g/mol. The summed E-state index contributed by atoms with van der Waals surface area (Å²) in [6.07, 6.45) is 2.69. The fraction of sp³-hybridized carbons (Fsp3) is 0.462. The Morgan fingerprint density at radius 1 is 1.35 bits per heavy atom. The van der Waals surface area contributed by atoms with Crippen LogP contribution in [0.15, 0.2) is 24.3 Å². The zero-order valence-electron chi connectivity index (χ0n) is 9.98. The number of anilines is 2. The van der Waals surface area contributed by atoms with Crippen LogP contribution in [0, 0.1) is 0 Å². The van der Waals surface area contributed by atoms with E-state index >= 15 is 0 Å². The van der Waals surface area contributed by atoms with Gasteiger partial charge < -0.3 is 16.0 Å². The van der Waals surface area contributed by atoms with Gasteiger partial charge in [0.1, 0.15) is 0 Å². The number of amides is 1. The van der Waals surface area contributed by atoms with Crippen LogP contribution in [0.5, 0.6) is 0 Å². The molecule has 1 aliphatic rings. The lowest BCUT2D eigenvalue weighted by Crippen LogP contribution is -2.27. The molecule has 4 heteroatoms. The summed E-state index contributed by atoms with van der Waals surface area (Å²) >= 11 is 0. The van der Waals surface area contributed by atoms with Crippen molar-refractivity contribution < 1.29 is 4.79 Å². The van der Waals surface area contributed by atoms with Gasteiger partial charge in [-0.05, 0) is 25.0 Å². The molecule has 0 radical (unpaired) electrons. The van der Waals surface area contributed by atoms with Crippen molar-refractivity contribution in [2.24, 2.45) is 0 Å². The van der Waals surface area contributed by atoms with Gasteiger partial charge >= 0.3 is 0 Å². The van der Waals surface area contributed by atoms with E-state index < -0.39 is 0 Å². The fourth-order valence-electron chi connectivity index (χ4n) is 2.09. The third kappa shape index (κ3) is 3.12. The molecular formula is C13H19N3O. The van der Waals surface area contributed by atoms with E-state index in [2.05, 4.69) is 5.32 Å². The number of hydrogen-bond donors (Lipinski definition) is 2. The van der Waals surface area contributed by atoms with E-state index in [1.807, 2.05) is 29.2 Å². The van der Waals surface area contributed by atoms with Crippen LogP contribution in [0.3, 0.4) is 0 Å². The van der Waals surface area contributed by atoms with Crippen LogP contribution in [-0.2, 0) is 4.79 Å². The molecule has 0 aromatic heterocycles. The summed E-state index contributed by atoms with van der Waals surface area (Å²) < 4.78 is 0. The number of carbonyl (C=O) groups excluding carboxylic acids is 1. The molecule has 2 rings (SSSR count). The number of hydrogen-bond acceptors (Lipinski definition) is 3. The predicted molar refractivity (Wildman–Crippen MR) is 69.8 cm³/mol. The van der Waals surface area contributed by atoms with E-state index in [1.54, 1.807) is 0 Å². The second-order valence-electron chi connectivity index (χ2n) is 4.35. The van der Waals surface area contributed by atoms with E-state index in [-0.39, 0.29) is 0 Å². The third-order valence-corrected chi connectivity index (χ3v) is 3.05. The van der Waals surface area contributed by atoms with Crippen LogP contribution in [0.2, 0.25) is 0 Å². The summed E-state index contributed by atoms with van der Waals surface area (Å²) in [5, 5.41) is 3.29. The van der Waals surface area contributed by atoms with E-state index in [1.165, 1.54) is 0 Å². The molecule has 0 unspecified atom stereocenters. The Bertz CT molecular complexity index is 392. The minimum atomic E-state index is 0.296. The lowest BCUT2D eigenvalue weighted by atomic mass is 10.2. The van der Waals surface area contributed by atoms with Crippen LogP contribution in [0.25, 0.3) is 0 Å². The molecule has 0 spiro atoms. The van der Waals surface area contributed by atoms with Crippen molar-refractivity contribution in [2.45, 2.75) is 19.3 Å². The minimum Gasteiger partial charge on any atom is -0.397 e. The maximum Gasteiger partial charge on any atom is 0.222 e. The molecule has 1 saturated heterocycles. The lowest BCUT2D eigenvalue weighted by molar-refractivity contribution is -0.127. The molecule has 1 fully saturated rings. The van der Waals surface area contributed by atoms with Crippen LogP contribution < -0.4 is 11.1 Å². The van der Waals surface area contributed by atoms with Crippen LogP contribution >= 0.6 is 0 Å². The molecule has 17 heavy (non-hydrogen) atoms. The molecule has 1 heterocycles. The Kier molecular flexibility index (Phi) is 3.85. The van der Waals surface area contributed by atoms with Gasteiger partial charge in [-0.1, -0.05) is 12.1 Å². The van der Waals surface area contributed by atoms with Gasteiger partial charge in [0.2, 0.25) is 5.91 Å². The van der Waals surface area contributed by atoms with Crippen molar-refractivity contribution >= 4 is 17.3 Å². The first-order valence-electron chi connectivity index (χ1n) is 6.13. The highest BCUT2D eigenvalue weighted by atomic mass is 16.2. The average Bonchev–Trinajstić information content (AvgIpc) is 2.73. The number of nitrogens with two attached hydrogens (primary N) is 1. The molecule has 0 bridgehead atoms. The Hall–Kier alpha value is -1.71. The third-order valence-electron chi connectivity index (χ3n) is 3.05. The van der Waals surface area contributed by atoms with Crippen molar-refractivity contribution in [3.05, 3.63) is 24.3 Å². The van der Waals surface area contributed by atoms with Gasteiger partial charge in [0.25, 0.3) is 0 Å². The first-order valence-corrected chi connectivity index (χ1v) is 6.13. The monoisotopic (exact) mass is 233 g/mol. The molecule has 1 aliphatic heterocycles. The van der Waals surface area contributed by atoms with Gasteiger partial charge in [-0.15, -0.1) is 0 Å². The van der Waals surface area contributed by atoms with Crippen LogP contribution in [0.4, 0.5) is 11.4 Å². The largest absolute Gasteiger partial charge is 0.397 e. The number of carbonyl (C=O) groups is 1. The van der Waals surface area contributed by atoms with Crippen LogP contribution in [-0.4, -0.2) is 30.4 Å². The summed E-state index contributed by atoms with van der Waals surface area (Å²) in [7, 11) is 0. The van der Waals surface area contributed by atoms with E-state index in [0.29, 0.717) is 5.91 Å². The normalized spacial score (nSPS) is 15.3. The smallest absolute Gasteiger partial charge is 0.222 e. The number of nitrogens with zero attached hydrogens (tertiary/aromatic N) is 1. The average molecular weight is 233 g/mol. The zero-order valence-corrected chi connectivity index (χ0v) is 9.98. The summed E-state index contributed by atoms with van der Waals surface area (Å²) in [4.78, 5) is 13.3. The molecule has 4 nitrogen and oxygen atoms in total. The summed E-state index contributed by atoms with van der Waals surface area (Å²) in [6.45, 7) is 2.61. The molecule has 0 atom stereocenters. The van der Waals surface area contributed by atoms with E-state index in [4.69, 9.17) is 5.73 Å². The molecule has 1 aromatic carbocycles. The van der Waals surface area contributed by atoms with Crippen molar-refractivity contribution in [1.82, 2.24) is 4.90 Å². The van der Waals surface area contributed by atoms with Gasteiger partial charge in [0.05, 0.1) is 11.4 Å². The van der Waals surface area contributed by atoms with Gasteiger partial charge in [-0.3, -0.25) is 4.79 Å². The minimum absolute atomic E-state index is 0.296. The predicted octanol–water partition coefficient (Wildman–Crippen LogP) is 1.69. The van der Waals surface area contributed by atoms with Crippen molar-refractivity contribution in [2.75, 3.05) is 30.7 Å². The Morgan fingerprint density at radius 2 is 2.18 bits per heavy atom. The fourth-order valence-corrected chi connectivity index (χ4v) is 2.09. The van der Waals surface area contributed by atoms with Gasteiger partial charge in [0, 0.05) is 26.1 Å². The van der Waals surface area contributed by atoms with Crippen molar-refractivity contribution in [3.8, 4) is 0 Å². The van der Waals surface area contributed by atoms with E-state index in [0.717, 1.165) is 50.3 Å². The number of nitrogen functional groups attached to an aromatic ring is 1. The number of benzene rings is 1. The standard InChI is InChI=1S/C13H19N3O/c14-11-5-1-2-6-12(11)15-8-4-10-16-9-3-7-13(16)17/h1-2,5-6,15H,3-4,7-10,14H2. The molecule has 0 aliphatic carbocycles. The highest BCUT2D eigenvalue weighted by Gasteiger charge is 2.18. The molecule has 0 saturated carbocycles. The Balaban J connectivity index is 1.70. The summed E-state index contributed by atoms with van der Waals surface area (Å²) in [5.74, 6) is 0.296. The summed E-state index contributed by atoms with van der Waals surface area (Å²) in [6, 6.07) is 7.73. The number of para-hydroxylation sites is 2. The van der Waals surface area contributed by atoms with Crippen molar-refractivity contribution in [3.63, 3.8) is 0 Å². The van der Waals surface area contributed by atoms with Gasteiger partial charge in [-0.2, -0.15) is 0 Å². The molecule has 3 N–H and O–H groups in total. The second-order valence-corrected chi connectivity index (χ2v) is 4.35. The Labute approximate surface area is 102 Å². The molecule has 92 valence electrons. The quantitative estimate of drug-likeness (QED) is 0.601. The van der Waals surface area contributed by atoms with Crippen molar-refractivity contribution in [1.29, 1.82) is 0 Å². The summed E-state index contributed by atoms with van der Waals surface area (Å²) in [5.41, 5.74) is 7.56. The van der Waals surface area contributed by atoms with Crippen LogP contribution in [0.1, 0.15) is 19.3 Å². The molecule has 1 amide bonds. The topological polar surface area (TPSA) is 58.4 Å². The van der Waals surface area contributed by atoms with Gasteiger partial charge in [-0.25, -0.2) is 0 Å². The van der Waals surface area contributed by atoms with E-state index in [9.17, 15) is 4.79 Å². The highest BCUT2D eigenvalue weighted by Crippen LogP contribution is 2.16. The highest BCUT2D eigenvalue weighted by molar-refractivity contribution is 5.78. The lowest BCUT2D eigenvalue weighted by Gasteiger charge is -2.16. The Morgan fingerprint density at radius 3 is 2.88 bits per heavy atom. The zero-order chi connectivity index (χ0) is 12.1. The SMILES string of the molecule is Nc1ccccc1NCCCN1CCCC1=O. The number of nitrogens with one attached hydrogen (secondary N) is 1. The maximum absolute atomic E-state index is 11.4. The number of likely N-dealkylation sites (tertiary alicyclic amines) is 1. The first-order chi connectivity index (χ1) is 8.27. The van der Waals surface area contributed by atoms with Gasteiger partial charge in [0.15, 0.2) is 0 Å².